The predicted molar refractivity (Wildman–Crippen MR) is 40.1 cm³/mol. The van der Waals surface area contributed by atoms with E-state index in [-0.39, 0.29) is 0 Å². The molecule has 1 heterocycles. The normalized spacial score (nSPS) is 10.3. The molecule has 4 heteroatoms. The molecule has 0 N–H and O–H groups in total. The highest BCUT2D eigenvalue weighted by Gasteiger charge is 1.89. The average Bonchev–Trinajstić information content (AvgIpc) is 2.52. The van der Waals surface area contributed by atoms with Gasteiger partial charge in [-0.3, -0.25) is 4.79 Å². The molecule has 0 saturated carbocycles. The maximum atomic E-state index is 10.0. The van der Waals surface area contributed by atoms with Gasteiger partial charge in [-0.05, 0) is 12.1 Å². The van der Waals surface area contributed by atoms with Crippen molar-refractivity contribution in [1.29, 1.82) is 0 Å². The molecule has 1 aromatic rings. The first-order valence-electron chi connectivity index (χ1n) is 3.08. The summed E-state index contributed by atoms with van der Waals surface area (Å²) in [6.45, 7) is 0. The van der Waals surface area contributed by atoms with Crippen LogP contribution in [-0.2, 0) is 4.79 Å². The molecule has 0 aromatic carbocycles. The van der Waals surface area contributed by atoms with Crippen LogP contribution in [-0.4, -0.2) is 24.7 Å². The lowest BCUT2D eigenvalue weighted by molar-refractivity contribution is -0.116. The number of hydrogen-bond donors (Lipinski definition) is 0. The highest BCUT2D eigenvalue weighted by Crippen LogP contribution is 1.95. The zero-order valence-electron chi connectivity index (χ0n) is 6.10. The Morgan fingerprint density at radius 3 is 3.09 bits per heavy atom. The van der Waals surface area contributed by atoms with Gasteiger partial charge in [-0.25, -0.2) is 5.01 Å². The number of amides is 1. The maximum Gasteiger partial charge on any atom is 0.229 e. The maximum absolute atomic E-state index is 10.0. The van der Waals surface area contributed by atoms with Gasteiger partial charge in [0, 0.05) is 7.05 Å². The molecular weight excluding hydrogens is 144 g/mol. The Bertz CT molecular complexity index is 241. The van der Waals surface area contributed by atoms with Gasteiger partial charge in [0.1, 0.15) is 5.76 Å². The van der Waals surface area contributed by atoms with E-state index >= 15 is 0 Å². The lowest BCUT2D eigenvalue weighted by atomic mass is 10.5. The van der Waals surface area contributed by atoms with Crippen molar-refractivity contribution in [2.75, 3.05) is 7.05 Å². The molecule has 11 heavy (non-hydrogen) atoms. The molecule has 58 valence electrons. The molecule has 0 radical (unpaired) electrons. The number of carbonyl (C=O) groups excluding carboxylic acids is 1. The topological polar surface area (TPSA) is 45.8 Å². The first-order valence-corrected chi connectivity index (χ1v) is 3.08. The first-order chi connectivity index (χ1) is 5.33. The van der Waals surface area contributed by atoms with Gasteiger partial charge in [0.15, 0.2) is 0 Å². The summed E-state index contributed by atoms with van der Waals surface area (Å²) in [7, 11) is 1.55. The third-order valence-electron chi connectivity index (χ3n) is 1.06. The van der Waals surface area contributed by atoms with Crippen molar-refractivity contribution in [3.05, 3.63) is 24.2 Å². The van der Waals surface area contributed by atoms with Crippen LogP contribution in [0.3, 0.4) is 0 Å². The highest BCUT2D eigenvalue weighted by atomic mass is 16.3. The molecule has 0 aliphatic carbocycles. The van der Waals surface area contributed by atoms with Gasteiger partial charge < -0.3 is 4.42 Å². The summed E-state index contributed by atoms with van der Waals surface area (Å²) >= 11 is 0. The van der Waals surface area contributed by atoms with Gasteiger partial charge >= 0.3 is 0 Å². The molecule has 0 unspecified atom stereocenters. The standard InChI is InChI=1S/C7H8N2O2/c1-9(6-10)8-5-7-3-2-4-11-7/h2-6H,1H3/b8-5+. The molecular formula is C7H8N2O2. The lowest BCUT2D eigenvalue weighted by Crippen LogP contribution is -2.06. The van der Waals surface area contributed by atoms with Crippen molar-refractivity contribution < 1.29 is 9.21 Å². The van der Waals surface area contributed by atoms with Crippen molar-refractivity contribution >= 4 is 12.6 Å². The fourth-order valence-corrected chi connectivity index (χ4v) is 0.540. The van der Waals surface area contributed by atoms with Crippen LogP contribution in [0, 0.1) is 0 Å². The van der Waals surface area contributed by atoms with Crippen LogP contribution in [0.2, 0.25) is 0 Å². The van der Waals surface area contributed by atoms with Crippen molar-refractivity contribution in [2.45, 2.75) is 0 Å². The number of hydrogen-bond acceptors (Lipinski definition) is 3. The van der Waals surface area contributed by atoms with E-state index in [9.17, 15) is 4.79 Å². The Labute approximate surface area is 64.1 Å². The minimum absolute atomic E-state index is 0.611. The Balaban J connectivity index is 2.55. The van der Waals surface area contributed by atoms with E-state index in [2.05, 4.69) is 5.10 Å². The van der Waals surface area contributed by atoms with Crippen LogP contribution in [0.15, 0.2) is 27.9 Å². The molecule has 1 amide bonds. The summed E-state index contributed by atoms with van der Waals surface area (Å²) in [4.78, 5) is 10.0. The second-order valence-corrected chi connectivity index (χ2v) is 1.94. The van der Waals surface area contributed by atoms with Gasteiger partial charge in [0.2, 0.25) is 6.41 Å². The molecule has 0 aliphatic heterocycles. The molecule has 0 bridgehead atoms. The Morgan fingerprint density at radius 1 is 1.73 bits per heavy atom. The molecule has 0 spiro atoms. The molecule has 0 fully saturated rings. The molecule has 0 aliphatic rings. The smallest absolute Gasteiger partial charge is 0.229 e. The number of hydrazone groups is 1. The third kappa shape index (κ3) is 2.25. The summed E-state index contributed by atoms with van der Waals surface area (Å²) in [5.74, 6) is 0.624. The van der Waals surface area contributed by atoms with Crippen LogP contribution in [0.25, 0.3) is 0 Å². The lowest BCUT2D eigenvalue weighted by Gasteiger charge is -1.97. The second-order valence-electron chi connectivity index (χ2n) is 1.94. The monoisotopic (exact) mass is 152 g/mol. The molecule has 1 rings (SSSR count). The average molecular weight is 152 g/mol. The van der Waals surface area contributed by atoms with Crippen LogP contribution in [0.5, 0.6) is 0 Å². The van der Waals surface area contributed by atoms with Crippen molar-refractivity contribution in [3.63, 3.8) is 0 Å². The fourth-order valence-electron chi connectivity index (χ4n) is 0.540. The minimum Gasteiger partial charge on any atom is -0.463 e. The van der Waals surface area contributed by atoms with Gasteiger partial charge in [0.05, 0.1) is 12.5 Å². The third-order valence-corrected chi connectivity index (χ3v) is 1.06. The summed E-state index contributed by atoms with van der Waals surface area (Å²) in [5, 5.41) is 4.89. The summed E-state index contributed by atoms with van der Waals surface area (Å²) in [6, 6.07) is 3.50. The zero-order valence-corrected chi connectivity index (χ0v) is 6.10. The summed E-state index contributed by atoms with van der Waals surface area (Å²) in [5.41, 5.74) is 0. The van der Waals surface area contributed by atoms with E-state index in [4.69, 9.17) is 4.42 Å². The quantitative estimate of drug-likeness (QED) is 0.363. The van der Waals surface area contributed by atoms with Crippen LogP contribution in [0.1, 0.15) is 5.76 Å². The van der Waals surface area contributed by atoms with Gasteiger partial charge in [0.25, 0.3) is 0 Å². The van der Waals surface area contributed by atoms with Crippen LogP contribution < -0.4 is 0 Å². The Morgan fingerprint density at radius 2 is 2.55 bits per heavy atom. The number of nitrogens with zero attached hydrogens (tertiary/aromatic N) is 2. The largest absolute Gasteiger partial charge is 0.463 e. The number of carbonyl (C=O) groups is 1. The van der Waals surface area contributed by atoms with E-state index in [1.54, 1.807) is 25.4 Å². The van der Waals surface area contributed by atoms with E-state index in [1.165, 1.54) is 6.21 Å². The van der Waals surface area contributed by atoms with Gasteiger partial charge in [-0.1, -0.05) is 0 Å². The van der Waals surface area contributed by atoms with Crippen molar-refractivity contribution in [1.82, 2.24) is 5.01 Å². The zero-order chi connectivity index (χ0) is 8.10. The number of rotatable bonds is 3. The van der Waals surface area contributed by atoms with Gasteiger partial charge in [-0.2, -0.15) is 5.10 Å². The first kappa shape index (κ1) is 7.53. The van der Waals surface area contributed by atoms with E-state index in [1.807, 2.05) is 0 Å². The number of furan rings is 1. The minimum atomic E-state index is 0.611. The van der Waals surface area contributed by atoms with E-state index in [0.29, 0.717) is 12.2 Å². The summed E-state index contributed by atoms with van der Waals surface area (Å²) in [6.07, 6.45) is 3.62. The molecule has 1 aromatic heterocycles. The Kier molecular flexibility index (Phi) is 2.43. The van der Waals surface area contributed by atoms with Gasteiger partial charge in [-0.15, -0.1) is 0 Å². The van der Waals surface area contributed by atoms with Crippen molar-refractivity contribution in [3.8, 4) is 0 Å². The molecule has 4 nitrogen and oxygen atoms in total. The fraction of sp³-hybridized carbons (Fsp3) is 0.143. The van der Waals surface area contributed by atoms with E-state index < -0.39 is 0 Å². The predicted octanol–water partition coefficient (Wildman–Crippen LogP) is 0.702. The second kappa shape index (κ2) is 3.55. The molecule has 0 saturated heterocycles. The molecule has 0 atom stereocenters. The van der Waals surface area contributed by atoms with E-state index in [0.717, 1.165) is 5.01 Å². The Hall–Kier alpha value is -1.58. The van der Waals surface area contributed by atoms with Crippen LogP contribution in [0.4, 0.5) is 0 Å². The summed E-state index contributed by atoms with van der Waals surface area (Å²) < 4.78 is 4.94. The SMILES string of the molecule is CN(C=O)/N=C/c1ccco1. The highest BCUT2D eigenvalue weighted by molar-refractivity contribution is 5.76. The van der Waals surface area contributed by atoms with Crippen LogP contribution >= 0.6 is 0 Å². The van der Waals surface area contributed by atoms with Crippen molar-refractivity contribution in [2.24, 2.45) is 5.10 Å².